The second-order valence-electron chi connectivity index (χ2n) is 3.37. The van der Waals surface area contributed by atoms with Gasteiger partial charge in [0.2, 0.25) is 5.75 Å². The summed E-state index contributed by atoms with van der Waals surface area (Å²) in [6.07, 6.45) is 1.52. The van der Waals surface area contributed by atoms with E-state index in [4.69, 9.17) is 14.2 Å². The Morgan fingerprint density at radius 1 is 1.50 bits per heavy atom. The van der Waals surface area contributed by atoms with Gasteiger partial charge in [-0.3, -0.25) is 0 Å². The minimum atomic E-state index is 0.0678. The first-order valence-corrected chi connectivity index (χ1v) is 5.22. The molecule has 0 saturated carbocycles. The van der Waals surface area contributed by atoms with E-state index in [9.17, 15) is 0 Å². The molecule has 6 heteroatoms. The van der Waals surface area contributed by atoms with E-state index in [0.29, 0.717) is 30.7 Å². The molecule has 1 aliphatic rings. The molecule has 1 aromatic heterocycles. The van der Waals surface area contributed by atoms with Crippen LogP contribution in [-0.2, 0) is 4.74 Å². The Morgan fingerprint density at radius 3 is 2.88 bits per heavy atom. The molecule has 1 aromatic rings. The molecule has 0 aromatic carbocycles. The first-order chi connectivity index (χ1) is 7.85. The van der Waals surface area contributed by atoms with E-state index in [1.807, 2.05) is 6.92 Å². The van der Waals surface area contributed by atoms with Gasteiger partial charge in [0.25, 0.3) is 5.88 Å². The van der Waals surface area contributed by atoms with Gasteiger partial charge in [-0.25, -0.2) is 4.98 Å². The maximum atomic E-state index is 5.62. The lowest BCUT2D eigenvalue weighted by molar-refractivity contribution is -0.0820. The van der Waals surface area contributed by atoms with Gasteiger partial charge in [-0.1, -0.05) is 0 Å². The van der Waals surface area contributed by atoms with E-state index in [1.54, 1.807) is 7.11 Å². The van der Waals surface area contributed by atoms with Crippen LogP contribution in [-0.4, -0.2) is 42.9 Å². The Labute approximate surface area is 93.9 Å². The monoisotopic (exact) mass is 225 g/mol. The van der Waals surface area contributed by atoms with Crippen molar-refractivity contribution in [2.24, 2.45) is 0 Å². The minimum Gasteiger partial charge on any atom is -0.489 e. The van der Waals surface area contributed by atoms with Gasteiger partial charge in [0.1, 0.15) is 12.4 Å². The highest BCUT2D eigenvalue weighted by molar-refractivity contribution is 5.54. The second kappa shape index (κ2) is 4.98. The molecule has 1 aliphatic heterocycles. The topological polar surface area (TPSA) is 65.5 Å². The first-order valence-electron chi connectivity index (χ1n) is 5.22. The fourth-order valence-electron chi connectivity index (χ4n) is 1.36. The van der Waals surface area contributed by atoms with Crippen molar-refractivity contribution in [3.05, 3.63) is 6.33 Å². The summed E-state index contributed by atoms with van der Waals surface area (Å²) >= 11 is 0. The van der Waals surface area contributed by atoms with Crippen LogP contribution in [0.2, 0.25) is 0 Å². The summed E-state index contributed by atoms with van der Waals surface area (Å²) in [5.41, 5.74) is 0. The molecule has 16 heavy (non-hydrogen) atoms. The number of hydrogen-bond acceptors (Lipinski definition) is 6. The molecule has 0 unspecified atom stereocenters. The van der Waals surface area contributed by atoms with Crippen molar-refractivity contribution in [3.63, 3.8) is 0 Å². The summed E-state index contributed by atoms with van der Waals surface area (Å²) in [6, 6.07) is 0. The molecule has 0 radical (unpaired) electrons. The molecule has 6 nitrogen and oxygen atoms in total. The lowest BCUT2D eigenvalue weighted by Gasteiger charge is -2.26. The van der Waals surface area contributed by atoms with Gasteiger partial charge in [-0.15, -0.1) is 0 Å². The third-order valence-electron chi connectivity index (χ3n) is 2.21. The van der Waals surface area contributed by atoms with Gasteiger partial charge >= 0.3 is 0 Å². The quantitative estimate of drug-likeness (QED) is 0.795. The van der Waals surface area contributed by atoms with Gasteiger partial charge in [-0.2, -0.15) is 4.98 Å². The maximum absolute atomic E-state index is 5.62. The van der Waals surface area contributed by atoms with E-state index < -0.39 is 0 Å². The van der Waals surface area contributed by atoms with E-state index in [0.717, 1.165) is 6.54 Å². The summed E-state index contributed by atoms with van der Waals surface area (Å²) < 4.78 is 15.9. The van der Waals surface area contributed by atoms with Gasteiger partial charge in [0.15, 0.2) is 5.82 Å². The molecule has 1 fully saturated rings. The molecular weight excluding hydrogens is 210 g/mol. The maximum Gasteiger partial charge on any atom is 0.262 e. The number of methoxy groups -OCH3 is 1. The van der Waals surface area contributed by atoms with Crippen LogP contribution in [0.25, 0.3) is 0 Å². The molecule has 0 spiro atoms. The number of anilines is 1. The molecule has 2 heterocycles. The number of hydrogen-bond donors (Lipinski definition) is 1. The molecule has 1 N–H and O–H groups in total. The van der Waals surface area contributed by atoms with E-state index in [-0.39, 0.29) is 6.10 Å². The van der Waals surface area contributed by atoms with Crippen molar-refractivity contribution < 1.29 is 14.2 Å². The minimum absolute atomic E-state index is 0.0678. The fraction of sp³-hybridized carbons (Fsp3) is 0.600. The first kappa shape index (κ1) is 10.9. The predicted molar refractivity (Wildman–Crippen MR) is 58.0 cm³/mol. The summed E-state index contributed by atoms with van der Waals surface area (Å²) in [6.45, 7) is 3.95. The Morgan fingerprint density at radius 2 is 2.31 bits per heavy atom. The molecule has 0 bridgehead atoms. The second-order valence-corrected chi connectivity index (χ2v) is 3.37. The molecule has 1 saturated heterocycles. The van der Waals surface area contributed by atoms with Crippen LogP contribution in [0.3, 0.4) is 0 Å². The zero-order valence-electron chi connectivity index (χ0n) is 9.40. The van der Waals surface area contributed by atoms with Crippen molar-refractivity contribution in [1.29, 1.82) is 0 Å². The zero-order valence-corrected chi connectivity index (χ0v) is 9.40. The summed E-state index contributed by atoms with van der Waals surface area (Å²) in [7, 11) is 1.57. The number of ether oxygens (including phenoxy) is 3. The van der Waals surface area contributed by atoms with Crippen molar-refractivity contribution in [1.82, 2.24) is 9.97 Å². The average Bonchev–Trinajstić information content (AvgIpc) is 2.24. The number of rotatable bonds is 5. The predicted octanol–water partition coefficient (Wildman–Crippen LogP) is 0.695. The Bertz CT molecular complexity index is 355. The summed E-state index contributed by atoms with van der Waals surface area (Å²) in [5, 5.41) is 3.09. The third kappa shape index (κ3) is 2.16. The molecule has 0 aliphatic carbocycles. The van der Waals surface area contributed by atoms with Gasteiger partial charge in [0.05, 0.1) is 20.3 Å². The van der Waals surface area contributed by atoms with Crippen LogP contribution < -0.4 is 14.8 Å². The van der Waals surface area contributed by atoms with Crippen LogP contribution in [0.1, 0.15) is 6.92 Å². The van der Waals surface area contributed by atoms with E-state index in [1.165, 1.54) is 6.33 Å². The van der Waals surface area contributed by atoms with Gasteiger partial charge in [0, 0.05) is 6.54 Å². The lowest BCUT2D eigenvalue weighted by Crippen LogP contribution is -2.38. The van der Waals surface area contributed by atoms with Crippen LogP contribution in [0, 0.1) is 0 Å². The van der Waals surface area contributed by atoms with Crippen LogP contribution in [0.5, 0.6) is 11.6 Å². The third-order valence-corrected chi connectivity index (χ3v) is 2.21. The standard InChI is InChI=1S/C10H15N3O3/c1-3-11-9-8(14-2)10(13-6-12-9)16-7-4-15-5-7/h6-7H,3-5H2,1-2H3,(H,11,12,13). The highest BCUT2D eigenvalue weighted by Gasteiger charge is 2.23. The molecule has 0 amide bonds. The molecule has 2 rings (SSSR count). The largest absolute Gasteiger partial charge is 0.489 e. The van der Waals surface area contributed by atoms with Crippen molar-refractivity contribution >= 4 is 5.82 Å². The number of nitrogens with zero attached hydrogens (tertiary/aromatic N) is 2. The molecular formula is C10H15N3O3. The Kier molecular flexibility index (Phi) is 3.40. The van der Waals surface area contributed by atoms with Crippen LogP contribution in [0.15, 0.2) is 6.33 Å². The molecule has 0 atom stereocenters. The Hall–Kier alpha value is -1.56. The van der Waals surface area contributed by atoms with E-state index >= 15 is 0 Å². The SMILES string of the molecule is CCNc1ncnc(OC2COC2)c1OC. The van der Waals surface area contributed by atoms with Crippen LogP contribution >= 0.6 is 0 Å². The highest BCUT2D eigenvalue weighted by Crippen LogP contribution is 2.32. The van der Waals surface area contributed by atoms with Crippen molar-refractivity contribution in [2.45, 2.75) is 13.0 Å². The summed E-state index contributed by atoms with van der Waals surface area (Å²) in [4.78, 5) is 8.15. The lowest BCUT2D eigenvalue weighted by atomic mass is 10.3. The highest BCUT2D eigenvalue weighted by atomic mass is 16.6. The van der Waals surface area contributed by atoms with Gasteiger partial charge < -0.3 is 19.5 Å². The zero-order chi connectivity index (χ0) is 11.4. The number of aromatic nitrogens is 2. The number of nitrogens with one attached hydrogen (secondary N) is 1. The van der Waals surface area contributed by atoms with Crippen LogP contribution in [0.4, 0.5) is 5.82 Å². The van der Waals surface area contributed by atoms with Crippen molar-refractivity contribution in [3.8, 4) is 11.6 Å². The summed E-state index contributed by atoms with van der Waals surface area (Å²) in [5.74, 6) is 1.65. The normalized spacial score (nSPS) is 15.4. The molecule has 88 valence electrons. The fourth-order valence-corrected chi connectivity index (χ4v) is 1.36. The Balaban J connectivity index is 2.17. The van der Waals surface area contributed by atoms with Crippen molar-refractivity contribution in [2.75, 3.05) is 32.2 Å². The average molecular weight is 225 g/mol. The van der Waals surface area contributed by atoms with E-state index in [2.05, 4.69) is 15.3 Å². The van der Waals surface area contributed by atoms with Gasteiger partial charge in [-0.05, 0) is 6.92 Å². The smallest absolute Gasteiger partial charge is 0.262 e.